The van der Waals surface area contributed by atoms with Crippen molar-refractivity contribution in [2.45, 2.75) is 6.92 Å². The van der Waals surface area contributed by atoms with Gasteiger partial charge in [-0.1, -0.05) is 23.7 Å². The second-order valence-corrected chi connectivity index (χ2v) is 5.34. The van der Waals surface area contributed by atoms with E-state index in [0.29, 0.717) is 5.56 Å². The van der Waals surface area contributed by atoms with Gasteiger partial charge in [-0.15, -0.1) is 0 Å². The van der Waals surface area contributed by atoms with Gasteiger partial charge < -0.3 is 10.1 Å². The van der Waals surface area contributed by atoms with Crippen LogP contribution in [0.25, 0.3) is 0 Å². The minimum Gasteiger partial charge on any atom is -0.482 e. The van der Waals surface area contributed by atoms with Gasteiger partial charge in [0.05, 0.1) is 14.9 Å². The normalized spacial score (nSPS) is 10.2. The molecule has 0 aromatic heterocycles. The van der Waals surface area contributed by atoms with Crippen LogP contribution < -0.4 is 10.1 Å². The van der Waals surface area contributed by atoms with Crippen LogP contribution in [0.3, 0.4) is 0 Å². The second kappa shape index (κ2) is 7.58. The molecule has 2 aromatic carbocycles. The third kappa shape index (κ3) is 4.42. The molecule has 9 nitrogen and oxygen atoms in total. The number of nitro benzene ring substituents is 2. The number of rotatable bonds is 6. The van der Waals surface area contributed by atoms with Crippen LogP contribution in [0.1, 0.15) is 5.56 Å². The van der Waals surface area contributed by atoms with Crippen molar-refractivity contribution in [3.63, 3.8) is 0 Å². The van der Waals surface area contributed by atoms with E-state index in [1.165, 1.54) is 24.3 Å². The number of nitrogens with one attached hydrogen (secondary N) is 1. The molecule has 0 aliphatic rings. The third-order valence-electron chi connectivity index (χ3n) is 3.20. The minimum atomic E-state index is -0.633. The first-order valence-corrected chi connectivity index (χ1v) is 7.28. The summed E-state index contributed by atoms with van der Waals surface area (Å²) in [5.41, 5.74) is 0.158. The highest BCUT2D eigenvalue weighted by Gasteiger charge is 2.18. The summed E-state index contributed by atoms with van der Waals surface area (Å²) in [5, 5.41) is 24.1. The van der Waals surface area contributed by atoms with Crippen LogP contribution in [0.2, 0.25) is 5.02 Å². The van der Waals surface area contributed by atoms with Crippen molar-refractivity contribution in [3.8, 4) is 5.75 Å². The number of aryl methyl sites for hydroxylation is 1. The molecule has 0 spiro atoms. The van der Waals surface area contributed by atoms with Crippen LogP contribution >= 0.6 is 11.6 Å². The lowest BCUT2D eigenvalue weighted by Gasteiger charge is -2.10. The summed E-state index contributed by atoms with van der Waals surface area (Å²) in [7, 11) is 0. The Kier molecular flexibility index (Phi) is 5.50. The lowest BCUT2D eigenvalue weighted by Crippen LogP contribution is -2.21. The largest absolute Gasteiger partial charge is 0.482 e. The van der Waals surface area contributed by atoms with Gasteiger partial charge in [0.15, 0.2) is 6.61 Å². The molecule has 130 valence electrons. The maximum Gasteiger partial charge on any atom is 0.293 e. The smallest absolute Gasteiger partial charge is 0.293 e. The molecule has 10 heteroatoms. The molecule has 0 saturated heterocycles. The number of carbonyl (C=O) groups excluding carboxylic acids is 1. The standard InChI is InChI=1S/C15H12ClN3O6/c1-9-3-2-4-12(19(23)24)15(9)17-14(20)8-25-13-6-5-10(18(21)22)7-11(13)16/h2-7H,8H2,1H3,(H,17,20). The number of ether oxygens (including phenoxy) is 1. The number of amides is 1. The topological polar surface area (TPSA) is 125 Å². The third-order valence-corrected chi connectivity index (χ3v) is 3.49. The van der Waals surface area contributed by atoms with Gasteiger partial charge in [-0.2, -0.15) is 0 Å². The summed E-state index contributed by atoms with van der Waals surface area (Å²) in [6.45, 7) is 1.15. The van der Waals surface area contributed by atoms with Crippen LogP contribution in [0.15, 0.2) is 36.4 Å². The van der Waals surface area contributed by atoms with E-state index < -0.39 is 22.4 Å². The Labute approximate surface area is 146 Å². The molecule has 0 radical (unpaired) electrons. The van der Waals surface area contributed by atoms with Gasteiger partial charge in [-0.3, -0.25) is 25.0 Å². The van der Waals surface area contributed by atoms with E-state index >= 15 is 0 Å². The van der Waals surface area contributed by atoms with E-state index in [1.807, 2.05) is 0 Å². The van der Waals surface area contributed by atoms with Crippen LogP contribution in [-0.4, -0.2) is 22.4 Å². The molecule has 2 rings (SSSR count). The maximum atomic E-state index is 12.0. The molecule has 0 fully saturated rings. The quantitative estimate of drug-likeness (QED) is 0.617. The number of benzene rings is 2. The average Bonchev–Trinajstić information content (AvgIpc) is 2.55. The predicted molar refractivity (Wildman–Crippen MR) is 90.1 cm³/mol. The summed E-state index contributed by atoms with van der Waals surface area (Å²) in [5.74, 6) is -0.548. The van der Waals surface area contributed by atoms with E-state index in [0.717, 1.165) is 6.07 Å². The zero-order chi connectivity index (χ0) is 18.6. The fourth-order valence-electron chi connectivity index (χ4n) is 2.01. The second-order valence-electron chi connectivity index (χ2n) is 4.93. The summed E-state index contributed by atoms with van der Waals surface area (Å²) < 4.78 is 5.21. The van der Waals surface area contributed by atoms with Crippen LogP contribution in [0, 0.1) is 27.2 Å². The Hall–Kier alpha value is -3.20. The highest BCUT2D eigenvalue weighted by Crippen LogP contribution is 2.29. The molecule has 0 aliphatic carbocycles. The van der Waals surface area contributed by atoms with Crippen molar-refractivity contribution in [2.75, 3.05) is 11.9 Å². The number of anilines is 1. The number of para-hydroxylation sites is 1. The van der Waals surface area contributed by atoms with Gasteiger partial charge in [0, 0.05) is 18.2 Å². The zero-order valence-electron chi connectivity index (χ0n) is 12.9. The highest BCUT2D eigenvalue weighted by molar-refractivity contribution is 6.32. The number of hydrogen-bond acceptors (Lipinski definition) is 6. The van der Waals surface area contributed by atoms with Crippen molar-refractivity contribution < 1.29 is 19.4 Å². The first kappa shape index (κ1) is 18.1. The average molecular weight is 366 g/mol. The Bertz CT molecular complexity index is 855. The van der Waals surface area contributed by atoms with Gasteiger partial charge in [-0.05, 0) is 18.6 Å². The fraction of sp³-hybridized carbons (Fsp3) is 0.133. The van der Waals surface area contributed by atoms with Crippen molar-refractivity contribution in [2.24, 2.45) is 0 Å². The number of halogens is 1. The number of nitro groups is 2. The van der Waals surface area contributed by atoms with Gasteiger partial charge >= 0.3 is 0 Å². The first-order chi connectivity index (χ1) is 11.8. The summed E-state index contributed by atoms with van der Waals surface area (Å²) in [6, 6.07) is 7.96. The van der Waals surface area contributed by atoms with Gasteiger partial charge in [0.25, 0.3) is 17.3 Å². The lowest BCUT2D eigenvalue weighted by atomic mass is 10.1. The molecule has 0 unspecified atom stereocenters. The molecule has 1 N–H and O–H groups in total. The van der Waals surface area contributed by atoms with E-state index in [-0.39, 0.29) is 27.8 Å². The van der Waals surface area contributed by atoms with E-state index in [1.54, 1.807) is 13.0 Å². The van der Waals surface area contributed by atoms with Gasteiger partial charge in [0.1, 0.15) is 11.4 Å². The predicted octanol–water partition coefficient (Wildman–Crippen LogP) is 3.48. The number of carbonyl (C=O) groups is 1. The Morgan fingerprint density at radius 2 is 1.92 bits per heavy atom. The molecule has 1 amide bonds. The lowest BCUT2D eigenvalue weighted by molar-refractivity contribution is -0.384. The number of hydrogen-bond donors (Lipinski definition) is 1. The van der Waals surface area contributed by atoms with Crippen molar-refractivity contribution in [3.05, 3.63) is 67.2 Å². The summed E-state index contributed by atoms with van der Waals surface area (Å²) in [6.07, 6.45) is 0. The molecule has 2 aromatic rings. The van der Waals surface area contributed by atoms with E-state index in [2.05, 4.69) is 5.32 Å². The molecule has 0 aliphatic heterocycles. The Morgan fingerprint density at radius 3 is 2.52 bits per heavy atom. The van der Waals surface area contributed by atoms with Crippen LogP contribution in [-0.2, 0) is 4.79 Å². The van der Waals surface area contributed by atoms with Crippen LogP contribution in [0.4, 0.5) is 17.1 Å². The number of nitrogens with zero attached hydrogens (tertiary/aromatic N) is 2. The van der Waals surface area contributed by atoms with Crippen molar-refractivity contribution in [1.29, 1.82) is 0 Å². The number of non-ortho nitro benzene ring substituents is 1. The van der Waals surface area contributed by atoms with Crippen molar-refractivity contribution >= 4 is 34.6 Å². The molecule has 0 heterocycles. The zero-order valence-corrected chi connectivity index (χ0v) is 13.6. The van der Waals surface area contributed by atoms with E-state index in [4.69, 9.17) is 16.3 Å². The van der Waals surface area contributed by atoms with E-state index in [9.17, 15) is 25.0 Å². The molecule has 0 saturated carbocycles. The Balaban J connectivity index is 2.07. The SMILES string of the molecule is Cc1cccc([N+](=O)[O-])c1NC(=O)COc1ccc([N+](=O)[O-])cc1Cl. The summed E-state index contributed by atoms with van der Waals surface area (Å²) >= 11 is 5.86. The fourth-order valence-corrected chi connectivity index (χ4v) is 2.24. The molecular weight excluding hydrogens is 354 g/mol. The van der Waals surface area contributed by atoms with Gasteiger partial charge in [0.2, 0.25) is 0 Å². The highest BCUT2D eigenvalue weighted by atomic mass is 35.5. The molecular formula is C15H12ClN3O6. The first-order valence-electron chi connectivity index (χ1n) is 6.90. The monoisotopic (exact) mass is 365 g/mol. The Morgan fingerprint density at radius 1 is 1.20 bits per heavy atom. The van der Waals surface area contributed by atoms with Gasteiger partial charge in [-0.25, -0.2) is 0 Å². The molecule has 0 bridgehead atoms. The molecule has 0 atom stereocenters. The maximum absolute atomic E-state index is 12.0. The minimum absolute atomic E-state index is 0.0242. The van der Waals surface area contributed by atoms with Crippen LogP contribution in [0.5, 0.6) is 5.75 Å². The summed E-state index contributed by atoms with van der Waals surface area (Å²) in [4.78, 5) is 32.4. The molecule has 25 heavy (non-hydrogen) atoms. The van der Waals surface area contributed by atoms with Crippen molar-refractivity contribution in [1.82, 2.24) is 0 Å².